The molecule has 3 N–H and O–H groups in total. The van der Waals surface area contributed by atoms with Crippen LogP contribution >= 0.6 is 27.7 Å². The second-order valence-electron chi connectivity index (χ2n) is 4.25. The highest BCUT2D eigenvalue weighted by molar-refractivity contribution is 9.10. The number of thioether (sulfide) groups is 1. The lowest BCUT2D eigenvalue weighted by Gasteiger charge is -2.15. The van der Waals surface area contributed by atoms with Crippen LogP contribution < -0.4 is 10.6 Å². The number of carboxylic acid groups (broad SMARTS) is 1. The molecule has 0 bridgehead atoms. The van der Waals surface area contributed by atoms with Crippen LogP contribution in [0.2, 0.25) is 0 Å². The number of carboxylic acids is 1. The fraction of sp³-hybridized carbons (Fsp3) is 0.385. The van der Waals surface area contributed by atoms with Gasteiger partial charge in [-0.05, 0) is 59.0 Å². The Morgan fingerprint density at radius 1 is 1.45 bits per heavy atom. The molecule has 1 atom stereocenters. The number of aliphatic carboxylic acids is 1. The number of halogens is 1. The first-order chi connectivity index (χ1) is 9.43. The molecular formula is C13H17BrN2O3S. The molecule has 0 heterocycles. The summed E-state index contributed by atoms with van der Waals surface area (Å²) in [5, 5.41) is 14.2. The molecule has 0 saturated heterocycles. The van der Waals surface area contributed by atoms with E-state index in [4.69, 9.17) is 5.11 Å². The Hall–Kier alpha value is -1.21. The monoisotopic (exact) mass is 360 g/mol. The SMILES string of the molecule is CSCC[C@@H](NC(=O)Nc1cc(C)ccc1Br)C(=O)O. The Morgan fingerprint density at radius 3 is 2.75 bits per heavy atom. The molecule has 0 spiro atoms. The molecule has 20 heavy (non-hydrogen) atoms. The van der Waals surface area contributed by atoms with Crippen molar-refractivity contribution in [2.75, 3.05) is 17.3 Å². The Bertz CT molecular complexity index is 497. The predicted octanol–water partition coefficient (Wildman–Crippen LogP) is 3.09. The fourth-order valence-electron chi connectivity index (χ4n) is 1.54. The van der Waals surface area contributed by atoms with Gasteiger partial charge in [0.15, 0.2) is 0 Å². The molecule has 0 aromatic heterocycles. The Kier molecular flexibility index (Phi) is 6.87. The number of aryl methyl sites for hydroxylation is 1. The summed E-state index contributed by atoms with van der Waals surface area (Å²) in [7, 11) is 0. The van der Waals surface area contributed by atoms with Gasteiger partial charge in [0.2, 0.25) is 0 Å². The maximum Gasteiger partial charge on any atom is 0.326 e. The quantitative estimate of drug-likeness (QED) is 0.728. The van der Waals surface area contributed by atoms with E-state index in [0.29, 0.717) is 17.9 Å². The van der Waals surface area contributed by atoms with Crippen molar-refractivity contribution in [2.24, 2.45) is 0 Å². The van der Waals surface area contributed by atoms with E-state index in [1.54, 1.807) is 17.8 Å². The lowest BCUT2D eigenvalue weighted by molar-refractivity contribution is -0.139. The smallest absolute Gasteiger partial charge is 0.326 e. The Labute approximate surface area is 130 Å². The van der Waals surface area contributed by atoms with Gasteiger partial charge in [-0.25, -0.2) is 9.59 Å². The minimum atomic E-state index is -1.03. The van der Waals surface area contributed by atoms with Crippen LogP contribution in [0.3, 0.4) is 0 Å². The summed E-state index contributed by atoms with van der Waals surface area (Å²) in [6.45, 7) is 1.91. The Balaban J connectivity index is 2.65. The zero-order valence-electron chi connectivity index (χ0n) is 11.3. The van der Waals surface area contributed by atoms with Crippen molar-refractivity contribution in [3.63, 3.8) is 0 Å². The van der Waals surface area contributed by atoms with Crippen LogP contribution in [0.15, 0.2) is 22.7 Å². The van der Waals surface area contributed by atoms with E-state index in [1.165, 1.54) is 0 Å². The third kappa shape index (κ3) is 5.42. The number of anilines is 1. The summed E-state index contributed by atoms with van der Waals surface area (Å²) >= 11 is 4.87. The number of hydrogen-bond donors (Lipinski definition) is 3. The van der Waals surface area contributed by atoms with Crippen molar-refractivity contribution >= 4 is 45.4 Å². The van der Waals surface area contributed by atoms with Crippen molar-refractivity contribution in [2.45, 2.75) is 19.4 Å². The number of amides is 2. The zero-order chi connectivity index (χ0) is 15.1. The van der Waals surface area contributed by atoms with E-state index >= 15 is 0 Å². The van der Waals surface area contributed by atoms with Gasteiger partial charge in [-0.2, -0.15) is 11.8 Å². The van der Waals surface area contributed by atoms with Gasteiger partial charge in [0.1, 0.15) is 6.04 Å². The number of benzene rings is 1. The molecular weight excluding hydrogens is 344 g/mol. The highest BCUT2D eigenvalue weighted by Gasteiger charge is 2.19. The lowest BCUT2D eigenvalue weighted by Crippen LogP contribution is -2.43. The molecule has 0 aliphatic rings. The molecule has 1 aromatic rings. The van der Waals surface area contributed by atoms with Crippen LogP contribution in [0.5, 0.6) is 0 Å². The first kappa shape index (κ1) is 16.8. The van der Waals surface area contributed by atoms with Crippen LogP contribution in [0, 0.1) is 6.92 Å². The van der Waals surface area contributed by atoms with Crippen molar-refractivity contribution in [3.05, 3.63) is 28.2 Å². The molecule has 110 valence electrons. The summed E-state index contributed by atoms with van der Waals surface area (Å²) in [5.74, 6) is -0.358. The molecule has 0 radical (unpaired) electrons. The predicted molar refractivity (Wildman–Crippen MR) is 85.5 cm³/mol. The lowest BCUT2D eigenvalue weighted by atomic mass is 10.2. The number of nitrogens with one attached hydrogen (secondary N) is 2. The maximum absolute atomic E-state index is 11.8. The number of carbonyl (C=O) groups is 2. The van der Waals surface area contributed by atoms with Crippen molar-refractivity contribution in [1.29, 1.82) is 0 Å². The highest BCUT2D eigenvalue weighted by atomic mass is 79.9. The third-order valence-electron chi connectivity index (χ3n) is 2.58. The summed E-state index contributed by atoms with van der Waals surface area (Å²) in [6.07, 6.45) is 2.28. The third-order valence-corrected chi connectivity index (χ3v) is 3.92. The van der Waals surface area contributed by atoms with E-state index < -0.39 is 18.0 Å². The van der Waals surface area contributed by atoms with Gasteiger partial charge < -0.3 is 15.7 Å². The maximum atomic E-state index is 11.8. The van der Waals surface area contributed by atoms with Gasteiger partial charge in [-0.3, -0.25) is 0 Å². The minimum absolute atomic E-state index is 0.388. The summed E-state index contributed by atoms with van der Waals surface area (Å²) in [5.41, 5.74) is 1.61. The molecule has 1 aromatic carbocycles. The molecule has 0 saturated carbocycles. The van der Waals surface area contributed by atoms with E-state index in [1.807, 2.05) is 25.3 Å². The van der Waals surface area contributed by atoms with Crippen LogP contribution in [0.4, 0.5) is 10.5 Å². The van der Waals surface area contributed by atoms with E-state index in [0.717, 1.165) is 10.0 Å². The van der Waals surface area contributed by atoms with E-state index in [-0.39, 0.29) is 0 Å². The topological polar surface area (TPSA) is 78.4 Å². The number of hydrogen-bond acceptors (Lipinski definition) is 3. The van der Waals surface area contributed by atoms with Gasteiger partial charge in [-0.15, -0.1) is 0 Å². The molecule has 0 aliphatic heterocycles. The van der Waals surface area contributed by atoms with E-state index in [9.17, 15) is 9.59 Å². The summed E-state index contributed by atoms with van der Waals surface area (Å²) in [6, 6.07) is 4.14. The van der Waals surface area contributed by atoms with Crippen LogP contribution in [-0.4, -0.2) is 35.2 Å². The first-order valence-electron chi connectivity index (χ1n) is 5.99. The van der Waals surface area contributed by atoms with Crippen LogP contribution in [-0.2, 0) is 4.79 Å². The molecule has 2 amide bonds. The van der Waals surface area contributed by atoms with E-state index in [2.05, 4.69) is 26.6 Å². The highest BCUT2D eigenvalue weighted by Crippen LogP contribution is 2.23. The molecule has 5 nitrogen and oxygen atoms in total. The number of carbonyl (C=O) groups excluding carboxylic acids is 1. The fourth-order valence-corrected chi connectivity index (χ4v) is 2.36. The van der Waals surface area contributed by atoms with Crippen molar-refractivity contribution < 1.29 is 14.7 Å². The molecule has 0 fully saturated rings. The van der Waals surface area contributed by atoms with Crippen LogP contribution in [0.25, 0.3) is 0 Å². The first-order valence-corrected chi connectivity index (χ1v) is 8.18. The zero-order valence-corrected chi connectivity index (χ0v) is 13.7. The molecule has 0 unspecified atom stereocenters. The summed E-state index contributed by atoms with van der Waals surface area (Å²) in [4.78, 5) is 22.9. The second-order valence-corrected chi connectivity index (χ2v) is 6.09. The van der Waals surface area contributed by atoms with Gasteiger partial charge in [-0.1, -0.05) is 6.07 Å². The molecule has 1 rings (SSSR count). The number of rotatable bonds is 6. The second kappa shape index (κ2) is 8.16. The van der Waals surface area contributed by atoms with Crippen LogP contribution in [0.1, 0.15) is 12.0 Å². The average Bonchev–Trinajstić information content (AvgIpc) is 2.38. The van der Waals surface area contributed by atoms with Gasteiger partial charge >= 0.3 is 12.0 Å². The standard InChI is InChI=1S/C13H17BrN2O3S/c1-8-3-4-9(14)11(7-8)16-13(19)15-10(12(17)18)5-6-20-2/h3-4,7,10H,5-6H2,1-2H3,(H,17,18)(H2,15,16,19)/t10-/m1/s1. The summed E-state index contributed by atoms with van der Waals surface area (Å²) < 4.78 is 0.745. The van der Waals surface area contributed by atoms with Gasteiger partial charge in [0.05, 0.1) is 5.69 Å². The molecule has 7 heteroatoms. The normalized spacial score (nSPS) is 11.8. The van der Waals surface area contributed by atoms with Gasteiger partial charge in [0.25, 0.3) is 0 Å². The Morgan fingerprint density at radius 2 is 2.15 bits per heavy atom. The molecule has 0 aliphatic carbocycles. The number of urea groups is 1. The van der Waals surface area contributed by atoms with Gasteiger partial charge in [0, 0.05) is 4.47 Å². The minimum Gasteiger partial charge on any atom is -0.480 e. The van der Waals surface area contributed by atoms with Crippen molar-refractivity contribution in [3.8, 4) is 0 Å². The largest absolute Gasteiger partial charge is 0.480 e. The van der Waals surface area contributed by atoms with Crippen molar-refractivity contribution in [1.82, 2.24) is 5.32 Å². The average molecular weight is 361 g/mol.